The SMILES string of the molecule is Cc1cccc(CCn2c(=S)[nH]c3cc(Br)cnc32)c1. The van der Waals surface area contributed by atoms with Crippen LogP contribution in [0.5, 0.6) is 0 Å². The molecule has 1 aromatic carbocycles. The molecule has 0 aliphatic carbocycles. The van der Waals surface area contributed by atoms with Crippen molar-refractivity contribution >= 4 is 39.3 Å². The fraction of sp³-hybridized carbons (Fsp3) is 0.200. The van der Waals surface area contributed by atoms with E-state index < -0.39 is 0 Å². The van der Waals surface area contributed by atoms with Gasteiger partial charge in [0.1, 0.15) is 0 Å². The summed E-state index contributed by atoms with van der Waals surface area (Å²) in [5, 5.41) is 0. The number of benzene rings is 1. The van der Waals surface area contributed by atoms with Gasteiger partial charge in [0.05, 0.1) is 5.52 Å². The highest BCUT2D eigenvalue weighted by molar-refractivity contribution is 9.10. The number of aromatic nitrogens is 3. The van der Waals surface area contributed by atoms with Gasteiger partial charge in [-0.05, 0) is 53.1 Å². The number of imidazole rings is 1. The highest BCUT2D eigenvalue weighted by Crippen LogP contribution is 2.17. The largest absolute Gasteiger partial charge is 0.329 e. The Balaban J connectivity index is 1.91. The molecule has 0 unspecified atom stereocenters. The monoisotopic (exact) mass is 347 g/mol. The molecule has 0 aliphatic heterocycles. The molecule has 0 spiro atoms. The predicted molar refractivity (Wildman–Crippen MR) is 87.5 cm³/mol. The number of fused-ring (bicyclic) bond motifs is 1. The van der Waals surface area contributed by atoms with Gasteiger partial charge in [0.25, 0.3) is 0 Å². The maximum absolute atomic E-state index is 5.39. The van der Waals surface area contributed by atoms with Crippen molar-refractivity contribution in [3.05, 3.63) is 56.9 Å². The molecule has 2 heterocycles. The van der Waals surface area contributed by atoms with Crippen molar-refractivity contribution in [1.82, 2.24) is 14.5 Å². The van der Waals surface area contributed by atoms with Crippen LogP contribution in [0.2, 0.25) is 0 Å². The summed E-state index contributed by atoms with van der Waals surface area (Å²) in [6.07, 6.45) is 2.74. The Morgan fingerprint density at radius 3 is 3.00 bits per heavy atom. The van der Waals surface area contributed by atoms with E-state index in [0.717, 1.165) is 33.4 Å². The van der Waals surface area contributed by atoms with E-state index in [1.807, 2.05) is 6.07 Å². The van der Waals surface area contributed by atoms with Crippen molar-refractivity contribution in [2.45, 2.75) is 19.9 Å². The minimum absolute atomic E-state index is 0.721. The highest BCUT2D eigenvalue weighted by atomic mass is 79.9. The number of H-pyrrole nitrogens is 1. The molecule has 20 heavy (non-hydrogen) atoms. The van der Waals surface area contributed by atoms with Gasteiger partial charge in [-0.1, -0.05) is 29.8 Å². The Morgan fingerprint density at radius 1 is 1.35 bits per heavy atom. The van der Waals surface area contributed by atoms with Crippen LogP contribution in [0.4, 0.5) is 0 Å². The maximum Gasteiger partial charge on any atom is 0.179 e. The molecular weight excluding hydrogens is 334 g/mol. The molecule has 0 amide bonds. The van der Waals surface area contributed by atoms with Gasteiger partial charge in [0, 0.05) is 17.2 Å². The molecule has 0 atom stereocenters. The second-order valence-electron chi connectivity index (χ2n) is 4.85. The van der Waals surface area contributed by atoms with Crippen molar-refractivity contribution < 1.29 is 0 Å². The summed E-state index contributed by atoms with van der Waals surface area (Å²) in [5.41, 5.74) is 4.48. The van der Waals surface area contributed by atoms with Crippen LogP contribution in [0.25, 0.3) is 11.2 Å². The summed E-state index contributed by atoms with van der Waals surface area (Å²) < 4.78 is 3.73. The van der Waals surface area contributed by atoms with E-state index in [1.54, 1.807) is 6.20 Å². The van der Waals surface area contributed by atoms with E-state index in [1.165, 1.54) is 11.1 Å². The van der Waals surface area contributed by atoms with Crippen LogP contribution in [0.15, 0.2) is 41.0 Å². The number of aryl methyl sites for hydroxylation is 3. The van der Waals surface area contributed by atoms with Crippen LogP contribution >= 0.6 is 28.1 Å². The standard InChI is InChI=1S/C15H14BrN3S/c1-10-3-2-4-11(7-10)5-6-19-14-13(18-15(19)20)8-12(16)9-17-14/h2-4,7-9H,5-6H2,1H3,(H,18,20). The number of pyridine rings is 1. The zero-order chi connectivity index (χ0) is 14.1. The van der Waals surface area contributed by atoms with Crippen LogP contribution in [0.1, 0.15) is 11.1 Å². The second kappa shape index (κ2) is 5.50. The Morgan fingerprint density at radius 2 is 2.20 bits per heavy atom. The number of rotatable bonds is 3. The molecule has 0 aliphatic rings. The molecular formula is C15H14BrN3S. The molecule has 2 aromatic heterocycles. The Hall–Kier alpha value is -1.46. The van der Waals surface area contributed by atoms with E-state index in [-0.39, 0.29) is 0 Å². The maximum atomic E-state index is 5.39. The summed E-state index contributed by atoms with van der Waals surface area (Å²) in [6.45, 7) is 2.94. The van der Waals surface area contributed by atoms with Gasteiger partial charge in [-0.25, -0.2) is 4.98 Å². The van der Waals surface area contributed by atoms with Gasteiger partial charge >= 0.3 is 0 Å². The van der Waals surface area contributed by atoms with Gasteiger partial charge in [-0.15, -0.1) is 0 Å². The summed E-state index contributed by atoms with van der Waals surface area (Å²) in [7, 11) is 0. The van der Waals surface area contributed by atoms with Crippen LogP contribution in [-0.2, 0) is 13.0 Å². The normalized spacial score (nSPS) is 11.1. The lowest BCUT2D eigenvalue weighted by Crippen LogP contribution is -2.02. The lowest BCUT2D eigenvalue weighted by Gasteiger charge is -2.05. The van der Waals surface area contributed by atoms with Crippen LogP contribution in [-0.4, -0.2) is 14.5 Å². The Kier molecular flexibility index (Phi) is 3.72. The van der Waals surface area contributed by atoms with Crippen molar-refractivity contribution in [3.8, 4) is 0 Å². The van der Waals surface area contributed by atoms with E-state index in [4.69, 9.17) is 12.2 Å². The molecule has 0 saturated heterocycles. The van der Waals surface area contributed by atoms with Gasteiger partial charge in [0.2, 0.25) is 0 Å². The molecule has 5 heteroatoms. The molecule has 0 fully saturated rings. The van der Waals surface area contributed by atoms with Crippen molar-refractivity contribution in [1.29, 1.82) is 0 Å². The molecule has 1 N–H and O–H groups in total. The first kappa shape index (κ1) is 13.5. The quantitative estimate of drug-likeness (QED) is 0.712. The smallest absolute Gasteiger partial charge is 0.179 e. The topological polar surface area (TPSA) is 33.6 Å². The first-order chi connectivity index (χ1) is 9.63. The first-order valence-corrected chi connectivity index (χ1v) is 7.63. The van der Waals surface area contributed by atoms with Crippen LogP contribution in [0, 0.1) is 11.7 Å². The molecule has 3 aromatic rings. The lowest BCUT2D eigenvalue weighted by atomic mass is 10.1. The first-order valence-electron chi connectivity index (χ1n) is 6.43. The van der Waals surface area contributed by atoms with Gasteiger partial charge in [-0.3, -0.25) is 0 Å². The highest BCUT2D eigenvalue weighted by Gasteiger charge is 2.06. The number of nitrogens with zero attached hydrogens (tertiary/aromatic N) is 2. The number of aromatic amines is 1. The van der Waals surface area contributed by atoms with Crippen LogP contribution < -0.4 is 0 Å². The van der Waals surface area contributed by atoms with E-state index in [9.17, 15) is 0 Å². The zero-order valence-corrected chi connectivity index (χ0v) is 13.5. The predicted octanol–water partition coefficient (Wildman–Crippen LogP) is 4.41. The third-order valence-corrected chi connectivity index (χ3v) is 4.04. The molecule has 3 nitrogen and oxygen atoms in total. The Labute approximate surface area is 130 Å². The van der Waals surface area contributed by atoms with Gasteiger partial charge in [-0.2, -0.15) is 0 Å². The third-order valence-electron chi connectivity index (χ3n) is 3.28. The lowest BCUT2D eigenvalue weighted by molar-refractivity contribution is 0.700. The van der Waals surface area contributed by atoms with E-state index in [2.05, 4.69) is 61.7 Å². The average Bonchev–Trinajstić information content (AvgIpc) is 2.71. The Bertz CT molecular complexity index is 819. The number of halogens is 1. The molecule has 0 radical (unpaired) electrons. The molecule has 102 valence electrons. The third kappa shape index (κ3) is 2.69. The zero-order valence-electron chi connectivity index (χ0n) is 11.1. The summed E-state index contributed by atoms with van der Waals surface area (Å²) in [4.78, 5) is 7.65. The van der Waals surface area contributed by atoms with Crippen LogP contribution in [0.3, 0.4) is 0 Å². The van der Waals surface area contributed by atoms with Gasteiger partial charge < -0.3 is 9.55 Å². The fourth-order valence-electron chi connectivity index (χ4n) is 2.33. The molecule has 0 saturated carbocycles. The second-order valence-corrected chi connectivity index (χ2v) is 6.15. The van der Waals surface area contributed by atoms with Crippen molar-refractivity contribution in [3.63, 3.8) is 0 Å². The summed E-state index contributed by atoms with van der Waals surface area (Å²) >= 11 is 8.81. The summed E-state index contributed by atoms with van der Waals surface area (Å²) in [6, 6.07) is 10.6. The fourth-order valence-corrected chi connectivity index (χ4v) is 2.95. The van der Waals surface area contributed by atoms with Crippen molar-refractivity contribution in [2.75, 3.05) is 0 Å². The average molecular weight is 348 g/mol. The summed E-state index contributed by atoms with van der Waals surface area (Å²) in [5.74, 6) is 0. The van der Waals surface area contributed by atoms with E-state index in [0.29, 0.717) is 0 Å². The number of nitrogens with one attached hydrogen (secondary N) is 1. The number of hydrogen-bond donors (Lipinski definition) is 1. The molecule has 0 bridgehead atoms. The van der Waals surface area contributed by atoms with Gasteiger partial charge in [0.15, 0.2) is 10.4 Å². The molecule has 3 rings (SSSR count). The minimum Gasteiger partial charge on any atom is -0.329 e. The van der Waals surface area contributed by atoms with E-state index >= 15 is 0 Å². The minimum atomic E-state index is 0.721. The van der Waals surface area contributed by atoms with Crippen molar-refractivity contribution in [2.24, 2.45) is 0 Å². The number of hydrogen-bond acceptors (Lipinski definition) is 2.